The summed E-state index contributed by atoms with van der Waals surface area (Å²) < 4.78 is 0. The Balaban J connectivity index is 2.10. The third-order valence-corrected chi connectivity index (χ3v) is 3.66. The molecular weight excluding hydrogens is 258 g/mol. The summed E-state index contributed by atoms with van der Waals surface area (Å²) in [6, 6.07) is 12.8. The third-order valence-electron chi connectivity index (χ3n) is 3.66. The Labute approximate surface area is 125 Å². The fraction of sp³-hybridized carbons (Fsp3) is 0.222. The van der Waals surface area contributed by atoms with Gasteiger partial charge in [-0.3, -0.25) is 9.97 Å². The molecule has 0 saturated carbocycles. The van der Waals surface area contributed by atoms with Gasteiger partial charge in [-0.2, -0.15) is 0 Å². The molecule has 0 radical (unpaired) electrons. The fourth-order valence-corrected chi connectivity index (χ4v) is 2.65. The van der Waals surface area contributed by atoms with E-state index < -0.39 is 0 Å². The molecular formula is C18H19N3. The number of rotatable bonds is 5. The SMILES string of the molecule is CCCNC(c1ccncc1)c1cccc2cnccc12. The van der Waals surface area contributed by atoms with Crippen molar-refractivity contribution in [1.82, 2.24) is 15.3 Å². The van der Waals surface area contributed by atoms with E-state index in [2.05, 4.69) is 58.6 Å². The first-order valence-corrected chi connectivity index (χ1v) is 7.36. The normalized spacial score (nSPS) is 12.4. The van der Waals surface area contributed by atoms with Crippen LogP contribution in [-0.2, 0) is 0 Å². The van der Waals surface area contributed by atoms with Gasteiger partial charge >= 0.3 is 0 Å². The lowest BCUT2D eigenvalue weighted by Crippen LogP contribution is -2.23. The van der Waals surface area contributed by atoms with E-state index in [0.717, 1.165) is 13.0 Å². The van der Waals surface area contributed by atoms with Gasteiger partial charge in [0.25, 0.3) is 0 Å². The second-order valence-electron chi connectivity index (χ2n) is 5.11. The van der Waals surface area contributed by atoms with Crippen molar-refractivity contribution in [3.63, 3.8) is 0 Å². The van der Waals surface area contributed by atoms with Crippen molar-refractivity contribution in [2.45, 2.75) is 19.4 Å². The first kappa shape index (κ1) is 13.7. The first-order valence-electron chi connectivity index (χ1n) is 7.36. The fourth-order valence-electron chi connectivity index (χ4n) is 2.65. The van der Waals surface area contributed by atoms with Crippen molar-refractivity contribution >= 4 is 10.8 Å². The second kappa shape index (κ2) is 6.46. The van der Waals surface area contributed by atoms with Gasteiger partial charge in [0.1, 0.15) is 0 Å². The molecule has 0 aliphatic carbocycles. The van der Waals surface area contributed by atoms with Crippen LogP contribution < -0.4 is 5.32 Å². The summed E-state index contributed by atoms with van der Waals surface area (Å²) in [5.74, 6) is 0. The van der Waals surface area contributed by atoms with Crippen molar-refractivity contribution in [3.05, 3.63) is 72.3 Å². The topological polar surface area (TPSA) is 37.8 Å². The van der Waals surface area contributed by atoms with E-state index in [0.29, 0.717) is 0 Å². The maximum atomic E-state index is 4.22. The zero-order valence-electron chi connectivity index (χ0n) is 12.2. The van der Waals surface area contributed by atoms with Crippen LogP contribution in [0.4, 0.5) is 0 Å². The predicted molar refractivity (Wildman–Crippen MR) is 86.1 cm³/mol. The van der Waals surface area contributed by atoms with Gasteiger partial charge in [0.15, 0.2) is 0 Å². The molecule has 0 spiro atoms. The van der Waals surface area contributed by atoms with E-state index in [4.69, 9.17) is 0 Å². The Morgan fingerprint density at radius 1 is 1.00 bits per heavy atom. The van der Waals surface area contributed by atoms with Crippen molar-refractivity contribution in [3.8, 4) is 0 Å². The van der Waals surface area contributed by atoms with E-state index in [1.165, 1.54) is 21.9 Å². The minimum Gasteiger partial charge on any atom is -0.306 e. The molecule has 0 bridgehead atoms. The zero-order chi connectivity index (χ0) is 14.5. The highest BCUT2D eigenvalue weighted by molar-refractivity contribution is 5.85. The Morgan fingerprint density at radius 3 is 2.62 bits per heavy atom. The molecule has 3 heteroatoms. The molecule has 0 fully saturated rings. The summed E-state index contributed by atoms with van der Waals surface area (Å²) in [5, 5.41) is 6.07. The van der Waals surface area contributed by atoms with Gasteiger partial charge in [-0.15, -0.1) is 0 Å². The van der Waals surface area contributed by atoms with Crippen LogP contribution in [0.15, 0.2) is 61.2 Å². The molecule has 1 aromatic carbocycles. The van der Waals surface area contributed by atoms with Crippen LogP contribution in [0.2, 0.25) is 0 Å². The van der Waals surface area contributed by atoms with Crippen LogP contribution in [0.5, 0.6) is 0 Å². The maximum absolute atomic E-state index is 4.22. The lowest BCUT2D eigenvalue weighted by atomic mass is 9.95. The van der Waals surface area contributed by atoms with Gasteiger partial charge < -0.3 is 5.32 Å². The zero-order valence-corrected chi connectivity index (χ0v) is 12.2. The molecule has 1 unspecified atom stereocenters. The third kappa shape index (κ3) is 2.93. The first-order chi connectivity index (χ1) is 10.4. The summed E-state index contributed by atoms with van der Waals surface area (Å²) in [6.45, 7) is 3.16. The molecule has 3 rings (SSSR count). The van der Waals surface area contributed by atoms with Crippen molar-refractivity contribution in [2.24, 2.45) is 0 Å². The number of hydrogen-bond donors (Lipinski definition) is 1. The average molecular weight is 277 g/mol. The Morgan fingerprint density at radius 2 is 1.81 bits per heavy atom. The molecule has 0 saturated heterocycles. The van der Waals surface area contributed by atoms with E-state index in [1.54, 1.807) is 0 Å². The van der Waals surface area contributed by atoms with E-state index in [1.807, 2.05) is 24.8 Å². The highest BCUT2D eigenvalue weighted by Gasteiger charge is 2.15. The van der Waals surface area contributed by atoms with E-state index in [9.17, 15) is 0 Å². The number of aromatic nitrogens is 2. The number of hydrogen-bond acceptors (Lipinski definition) is 3. The predicted octanol–water partition coefficient (Wildman–Crippen LogP) is 3.72. The molecule has 0 aliphatic rings. The molecule has 1 atom stereocenters. The summed E-state index contributed by atoms with van der Waals surface area (Å²) in [4.78, 5) is 8.34. The standard InChI is InChI=1S/C18H19N3/c1-2-9-21-18(14-6-10-19-11-7-14)17-5-3-4-15-13-20-12-8-16(15)17/h3-8,10-13,18,21H,2,9H2,1H3. The monoisotopic (exact) mass is 277 g/mol. The van der Waals surface area contributed by atoms with Gasteiger partial charge in [-0.05, 0) is 47.7 Å². The van der Waals surface area contributed by atoms with Crippen LogP contribution >= 0.6 is 0 Å². The van der Waals surface area contributed by atoms with Crippen LogP contribution in [0.25, 0.3) is 10.8 Å². The lowest BCUT2D eigenvalue weighted by Gasteiger charge is -2.21. The van der Waals surface area contributed by atoms with Crippen molar-refractivity contribution < 1.29 is 0 Å². The summed E-state index contributed by atoms with van der Waals surface area (Å²) >= 11 is 0. The van der Waals surface area contributed by atoms with Gasteiger partial charge in [-0.1, -0.05) is 25.1 Å². The Bertz CT molecular complexity index is 704. The molecule has 2 aromatic heterocycles. The molecule has 0 aliphatic heterocycles. The van der Waals surface area contributed by atoms with Crippen molar-refractivity contribution in [1.29, 1.82) is 0 Å². The maximum Gasteiger partial charge on any atom is 0.0583 e. The van der Waals surface area contributed by atoms with Gasteiger partial charge in [-0.25, -0.2) is 0 Å². The van der Waals surface area contributed by atoms with E-state index >= 15 is 0 Å². The highest BCUT2D eigenvalue weighted by Crippen LogP contribution is 2.28. The van der Waals surface area contributed by atoms with Crippen LogP contribution in [-0.4, -0.2) is 16.5 Å². The number of benzene rings is 1. The molecule has 106 valence electrons. The average Bonchev–Trinajstić information content (AvgIpc) is 2.56. The van der Waals surface area contributed by atoms with E-state index in [-0.39, 0.29) is 6.04 Å². The van der Waals surface area contributed by atoms with Crippen LogP contribution in [0.3, 0.4) is 0 Å². The molecule has 1 N–H and O–H groups in total. The largest absolute Gasteiger partial charge is 0.306 e. The second-order valence-corrected chi connectivity index (χ2v) is 5.11. The van der Waals surface area contributed by atoms with Crippen LogP contribution in [0, 0.1) is 0 Å². The van der Waals surface area contributed by atoms with Gasteiger partial charge in [0, 0.05) is 30.2 Å². The Kier molecular flexibility index (Phi) is 4.22. The number of fused-ring (bicyclic) bond motifs is 1. The number of nitrogens with one attached hydrogen (secondary N) is 1. The molecule has 0 amide bonds. The van der Waals surface area contributed by atoms with Gasteiger partial charge in [0.2, 0.25) is 0 Å². The van der Waals surface area contributed by atoms with Crippen LogP contribution in [0.1, 0.15) is 30.5 Å². The summed E-state index contributed by atoms with van der Waals surface area (Å²) in [5.41, 5.74) is 2.53. The Hall–Kier alpha value is -2.26. The molecule has 2 heterocycles. The minimum absolute atomic E-state index is 0.180. The highest BCUT2D eigenvalue weighted by atomic mass is 14.9. The number of pyridine rings is 2. The number of nitrogens with zero attached hydrogens (tertiary/aromatic N) is 2. The molecule has 21 heavy (non-hydrogen) atoms. The van der Waals surface area contributed by atoms with Gasteiger partial charge in [0.05, 0.1) is 6.04 Å². The smallest absolute Gasteiger partial charge is 0.0583 e. The summed E-state index contributed by atoms with van der Waals surface area (Å²) in [7, 11) is 0. The summed E-state index contributed by atoms with van der Waals surface area (Å²) in [6.07, 6.45) is 8.58. The lowest BCUT2D eigenvalue weighted by molar-refractivity contribution is 0.601. The molecule has 3 nitrogen and oxygen atoms in total. The molecule has 3 aromatic rings. The minimum atomic E-state index is 0.180. The quantitative estimate of drug-likeness (QED) is 0.772. The van der Waals surface area contributed by atoms with Crippen molar-refractivity contribution in [2.75, 3.05) is 6.54 Å².